The zero-order valence-electron chi connectivity index (χ0n) is 27.1. The molecule has 0 unspecified atom stereocenters. The molecule has 1 aromatic carbocycles. The highest BCUT2D eigenvalue weighted by Gasteiger charge is 2.32. The summed E-state index contributed by atoms with van der Waals surface area (Å²) in [5.74, 6) is -1.39. The number of nitrogens with zero attached hydrogens (tertiary/aromatic N) is 7. The summed E-state index contributed by atoms with van der Waals surface area (Å²) in [5, 5.41) is 12.6. The molecule has 17 heteroatoms. The first-order chi connectivity index (χ1) is 23.8. The smallest absolute Gasteiger partial charge is 0.416 e. The summed E-state index contributed by atoms with van der Waals surface area (Å²) >= 11 is 6.11. The van der Waals surface area contributed by atoms with E-state index in [-0.39, 0.29) is 77.4 Å². The molecule has 0 bridgehead atoms. The van der Waals surface area contributed by atoms with E-state index in [1.54, 1.807) is 11.5 Å². The van der Waals surface area contributed by atoms with Crippen molar-refractivity contribution in [3.63, 3.8) is 0 Å². The predicted octanol–water partition coefficient (Wildman–Crippen LogP) is 4.23. The van der Waals surface area contributed by atoms with Crippen LogP contribution in [0, 0.1) is 6.92 Å². The third-order valence-corrected chi connectivity index (χ3v) is 8.87. The highest BCUT2D eigenvalue weighted by Crippen LogP contribution is 2.34. The lowest BCUT2D eigenvalue weighted by Crippen LogP contribution is -2.50. The molecule has 2 amide bonds. The second kappa shape index (κ2) is 14.0. The van der Waals surface area contributed by atoms with E-state index in [1.165, 1.54) is 17.4 Å². The van der Waals surface area contributed by atoms with Gasteiger partial charge in [0.25, 0.3) is 5.91 Å². The quantitative estimate of drug-likeness (QED) is 0.284. The van der Waals surface area contributed by atoms with Crippen molar-refractivity contribution in [2.45, 2.75) is 39.4 Å². The van der Waals surface area contributed by atoms with E-state index < -0.39 is 29.0 Å². The number of piperazine rings is 1. The van der Waals surface area contributed by atoms with Gasteiger partial charge in [0.2, 0.25) is 11.3 Å². The molecule has 0 radical (unpaired) electrons. The number of aromatic nitrogens is 5. The summed E-state index contributed by atoms with van der Waals surface area (Å²) in [7, 11) is 0. The van der Waals surface area contributed by atoms with E-state index in [0.29, 0.717) is 37.4 Å². The Morgan fingerprint density at radius 1 is 1.14 bits per heavy atom. The number of hydrogen-bond donors (Lipinski definition) is 2. The minimum atomic E-state index is -4.61. The number of benzene rings is 1. The zero-order valence-corrected chi connectivity index (χ0v) is 27.8. The number of carbonyl (C=O) groups is 2. The number of amides is 2. The lowest BCUT2D eigenvalue weighted by Gasteiger charge is -2.37. The highest BCUT2D eigenvalue weighted by molar-refractivity contribution is 6.33. The number of fused-ring (bicyclic) bond motifs is 1. The van der Waals surface area contributed by atoms with Crippen molar-refractivity contribution >= 4 is 52.0 Å². The van der Waals surface area contributed by atoms with Crippen molar-refractivity contribution in [1.82, 2.24) is 29.4 Å². The van der Waals surface area contributed by atoms with Gasteiger partial charge < -0.3 is 29.5 Å². The maximum Gasteiger partial charge on any atom is 0.416 e. The zero-order chi connectivity index (χ0) is 35.7. The SMILES string of the molecule is CCc1c(N2CCN(C(=O)c3ncnc(C)c3O)CC2)c(=O)c2nc(/C=C3/CCOC3)cnc2n1CC(=O)Nc1ccc(C(F)(F)F)cc1Cl. The topological polar surface area (TPSA) is 156 Å². The Morgan fingerprint density at radius 2 is 1.90 bits per heavy atom. The lowest BCUT2D eigenvalue weighted by atomic mass is 10.1. The van der Waals surface area contributed by atoms with E-state index in [1.807, 2.05) is 17.9 Å². The van der Waals surface area contributed by atoms with Crippen LogP contribution in [0.15, 0.2) is 41.1 Å². The van der Waals surface area contributed by atoms with Crippen LogP contribution in [0.2, 0.25) is 5.02 Å². The summed E-state index contributed by atoms with van der Waals surface area (Å²) < 4.78 is 46.5. The van der Waals surface area contributed by atoms with Gasteiger partial charge in [0, 0.05) is 31.9 Å². The van der Waals surface area contributed by atoms with Crippen LogP contribution in [-0.2, 0) is 28.7 Å². The first-order valence-electron chi connectivity index (χ1n) is 15.8. The molecule has 0 aliphatic carbocycles. The second-order valence-electron chi connectivity index (χ2n) is 11.8. The number of aromatic hydroxyl groups is 1. The summed E-state index contributed by atoms with van der Waals surface area (Å²) in [4.78, 5) is 61.4. The molecule has 6 rings (SSSR count). The number of hydrogen-bond acceptors (Lipinski definition) is 10. The molecule has 2 aliphatic heterocycles. The van der Waals surface area contributed by atoms with Crippen LogP contribution in [0.5, 0.6) is 5.75 Å². The standard InChI is InChI=1S/C33H32ClF3N8O5/c1-3-24-28(43-7-9-44(10-8-43)32(49)27-29(47)18(2)39-17-40-27)30(48)26-31(38-14-21(41-26)12-19-6-11-50-16-19)45(24)15-25(46)42-23-5-4-20(13-22(23)34)33(35,36)37/h4-5,12-14,17,47H,3,6-11,15-16H2,1-2H3,(H,42,46)/b19-12-. The van der Waals surface area contributed by atoms with E-state index in [9.17, 15) is 32.7 Å². The highest BCUT2D eigenvalue weighted by atomic mass is 35.5. The fraction of sp³-hybridized carbons (Fsp3) is 0.364. The Bertz CT molecular complexity index is 2070. The maximum absolute atomic E-state index is 14.3. The van der Waals surface area contributed by atoms with Crippen LogP contribution in [-0.4, -0.2) is 85.7 Å². The number of pyridine rings is 1. The largest absolute Gasteiger partial charge is 0.504 e. The summed E-state index contributed by atoms with van der Waals surface area (Å²) in [6, 6.07) is 2.63. The Balaban J connectivity index is 1.35. The number of aryl methyl sites for hydroxylation is 1. The van der Waals surface area contributed by atoms with Gasteiger partial charge in [-0.2, -0.15) is 13.2 Å². The van der Waals surface area contributed by atoms with Crippen LogP contribution in [0.25, 0.3) is 17.2 Å². The lowest BCUT2D eigenvalue weighted by molar-refractivity contribution is -0.137. The van der Waals surface area contributed by atoms with Crippen LogP contribution < -0.4 is 15.6 Å². The van der Waals surface area contributed by atoms with Gasteiger partial charge in [-0.3, -0.25) is 14.4 Å². The number of ether oxygens (including phenoxy) is 1. The van der Waals surface area contributed by atoms with Crippen molar-refractivity contribution in [3.05, 3.63) is 79.9 Å². The number of alkyl halides is 3. The maximum atomic E-state index is 14.3. The fourth-order valence-corrected chi connectivity index (χ4v) is 6.23. The van der Waals surface area contributed by atoms with Crippen molar-refractivity contribution in [1.29, 1.82) is 0 Å². The van der Waals surface area contributed by atoms with Gasteiger partial charge in [0.05, 0.1) is 47.1 Å². The number of halogens is 4. The van der Waals surface area contributed by atoms with Crippen LogP contribution in [0.1, 0.15) is 46.5 Å². The molecule has 2 aliphatic rings. The molecule has 0 spiro atoms. The molecule has 3 aromatic heterocycles. The van der Waals surface area contributed by atoms with Crippen molar-refractivity contribution in [2.24, 2.45) is 0 Å². The van der Waals surface area contributed by atoms with Crippen LogP contribution >= 0.6 is 11.6 Å². The molecule has 4 aromatic rings. The van der Waals surface area contributed by atoms with Gasteiger partial charge in [0.15, 0.2) is 22.6 Å². The average Bonchev–Trinajstić information content (AvgIpc) is 3.60. The summed E-state index contributed by atoms with van der Waals surface area (Å²) in [5.41, 5.74) is 1.14. The number of carbonyl (C=O) groups excluding carboxylic acids is 2. The number of rotatable bonds is 7. The minimum absolute atomic E-state index is 0.0160. The van der Waals surface area contributed by atoms with Crippen LogP contribution in [0.3, 0.4) is 0 Å². The molecule has 2 fully saturated rings. The predicted molar refractivity (Wildman–Crippen MR) is 178 cm³/mol. The first-order valence-corrected chi connectivity index (χ1v) is 16.1. The monoisotopic (exact) mass is 712 g/mol. The van der Waals surface area contributed by atoms with Crippen LogP contribution in [0.4, 0.5) is 24.5 Å². The van der Waals surface area contributed by atoms with Gasteiger partial charge in [-0.1, -0.05) is 18.5 Å². The van der Waals surface area contributed by atoms with E-state index in [2.05, 4.69) is 25.3 Å². The third-order valence-electron chi connectivity index (χ3n) is 8.56. The van der Waals surface area contributed by atoms with Gasteiger partial charge in [-0.25, -0.2) is 19.9 Å². The number of nitrogens with one attached hydrogen (secondary N) is 1. The molecule has 0 saturated carbocycles. The number of anilines is 2. The van der Waals surface area contributed by atoms with E-state index in [0.717, 1.165) is 23.8 Å². The Kier molecular flexibility index (Phi) is 9.75. The molecule has 5 heterocycles. The van der Waals surface area contributed by atoms with Gasteiger partial charge in [-0.15, -0.1) is 0 Å². The van der Waals surface area contributed by atoms with Gasteiger partial charge in [0.1, 0.15) is 18.6 Å². The average molecular weight is 713 g/mol. The molecular formula is C33H32ClF3N8O5. The van der Waals surface area contributed by atoms with E-state index in [4.69, 9.17) is 16.3 Å². The van der Waals surface area contributed by atoms with Crippen molar-refractivity contribution in [2.75, 3.05) is 49.6 Å². The summed E-state index contributed by atoms with van der Waals surface area (Å²) in [6.07, 6.45) is 0.920. The molecule has 2 N–H and O–H groups in total. The normalized spacial score (nSPS) is 16.0. The van der Waals surface area contributed by atoms with E-state index >= 15 is 0 Å². The molecule has 0 atom stereocenters. The second-order valence-corrected chi connectivity index (χ2v) is 12.2. The molecular weight excluding hydrogens is 681 g/mol. The Hall–Kier alpha value is -5.09. The third kappa shape index (κ3) is 6.98. The molecule has 262 valence electrons. The Labute approximate surface area is 288 Å². The Morgan fingerprint density at radius 3 is 2.56 bits per heavy atom. The molecule has 13 nitrogen and oxygen atoms in total. The molecule has 2 saturated heterocycles. The van der Waals surface area contributed by atoms with Crippen molar-refractivity contribution in [3.8, 4) is 5.75 Å². The fourth-order valence-electron chi connectivity index (χ4n) is 6.00. The van der Waals surface area contributed by atoms with Gasteiger partial charge >= 0.3 is 6.18 Å². The van der Waals surface area contributed by atoms with Crippen molar-refractivity contribution < 1.29 is 32.6 Å². The summed E-state index contributed by atoms with van der Waals surface area (Å²) in [6.45, 7) is 4.92. The minimum Gasteiger partial charge on any atom is -0.504 e. The molecule has 50 heavy (non-hydrogen) atoms. The van der Waals surface area contributed by atoms with Gasteiger partial charge in [-0.05, 0) is 49.6 Å². The first kappa shape index (κ1) is 34.8.